The number of carbonyl (C=O) groups excluding carboxylic acids is 2. The van der Waals surface area contributed by atoms with E-state index in [2.05, 4.69) is 0 Å². The van der Waals surface area contributed by atoms with Gasteiger partial charge in [0.1, 0.15) is 5.75 Å². The van der Waals surface area contributed by atoms with Crippen LogP contribution in [0.15, 0.2) is 30.3 Å². The van der Waals surface area contributed by atoms with Gasteiger partial charge in [-0.2, -0.15) is 0 Å². The van der Waals surface area contributed by atoms with Crippen molar-refractivity contribution in [3.8, 4) is 5.75 Å². The Morgan fingerprint density at radius 3 is 2.46 bits per heavy atom. The van der Waals surface area contributed by atoms with Crippen LogP contribution in [0, 0.1) is 5.92 Å². The number of ether oxygens (including phenoxy) is 2. The van der Waals surface area contributed by atoms with Gasteiger partial charge < -0.3 is 19.5 Å². The van der Waals surface area contributed by atoms with Crippen molar-refractivity contribution in [2.75, 3.05) is 26.9 Å². The first-order chi connectivity index (χ1) is 11.5. The fourth-order valence-electron chi connectivity index (χ4n) is 2.39. The Bertz CT molecular complexity index is 501. The third-order valence-electron chi connectivity index (χ3n) is 3.85. The number of hydrogen-bond acceptors (Lipinski definition) is 5. The standard InChI is InChI=1S/C18H27NO5/c1-4-15(13-20)19(12-14(2)18(22)23-3)17(21)10-11-24-16-8-6-5-7-9-16/h5-9,14-15,20H,4,10-13H2,1-3H3. The molecular formula is C18H27NO5. The highest BCUT2D eigenvalue weighted by molar-refractivity contribution is 5.78. The first-order valence-electron chi connectivity index (χ1n) is 8.19. The van der Waals surface area contributed by atoms with Gasteiger partial charge in [0, 0.05) is 6.54 Å². The molecule has 0 aliphatic rings. The lowest BCUT2D eigenvalue weighted by Gasteiger charge is -2.31. The van der Waals surface area contributed by atoms with Gasteiger partial charge in [0.2, 0.25) is 5.91 Å². The molecule has 0 saturated carbocycles. The van der Waals surface area contributed by atoms with Gasteiger partial charge in [-0.3, -0.25) is 9.59 Å². The molecule has 0 saturated heterocycles. The van der Waals surface area contributed by atoms with E-state index in [-0.39, 0.29) is 44.1 Å². The third kappa shape index (κ3) is 6.20. The molecule has 1 aromatic carbocycles. The molecule has 2 unspecified atom stereocenters. The lowest BCUT2D eigenvalue weighted by atomic mass is 10.1. The first-order valence-corrected chi connectivity index (χ1v) is 8.19. The fraction of sp³-hybridized carbons (Fsp3) is 0.556. The summed E-state index contributed by atoms with van der Waals surface area (Å²) >= 11 is 0. The molecule has 0 fully saturated rings. The molecule has 0 aromatic heterocycles. The molecule has 2 atom stereocenters. The largest absolute Gasteiger partial charge is 0.493 e. The maximum absolute atomic E-state index is 12.5. The molecule has 6 nitrogen and oxygen atoms in total. The Kier molecular flexibility index (Phi) is 8.86. The van der Waals surface area contributed by atoms with E-state index in [0.29, 0.717) is 12.2 Å². The summed E-state index contributed by atoms with van der Waals surface area (Å²) in [5.41, 5.74) is 0. The molecule has 0 aliphatic heterocycles. The van der Waals surface area contributed by atoms with E-state index in [1.165, 1.54) is 7.11 Å². The molecule has 0 heterocycles. The second kappa shape index (κ2) is 10.6. The third-order valence-corrected chi connectivity index (χ3v) is 3.85. The Labute approximate surface area is 143 Å². The van der Waals surface area contributed by atoms with E-state index in [4.69, 9.17) is 9.47 Å². The number of para-hydroxylation sites is 1. The predicted molar refractivity (Wildman–Crippen MR) is 90.6 cm³/mol. The minimum Gasteiger partial charge on any atom is -0.493 e. The highest BCUT2D eigenvalue weighted by Crippen LogP contribution is 2.13. The maximum Gasteiger partial charge on any atom is 0.310 e. The van der Waals surface area contributed by atoms with Gasteiger partial charge in [-0.15, -0.1) is 0 Å². The number of amides is 1. The summed E-state index contributed by atoms with van der Waals surface area (Å²) in [6.07, 6.45) is 0.787. The summed E-state index contributed by atoms with van der Waals surface area (Å²) in [6.45, 7) is 3.92. The quantitative estimate of drug-likeness (QED) is 0.660. The summed E-state index contributed by atoms with van der Waals surface area (Å²) in [4.78, 5) is 25.7. The number of nitrogens with zero attached hydrogens (tertiary/aromatic N) is 1. The molecule has 24 heavy (non-hydrogen) atoms. The Morgan fingerprint density at radius 2 is 1.92 bits per heavy atom. The van der Waals surface area contributed by atoms with Crippen LogP contribution >= 0.6 is 0 Å². The predicted octanol–water partition coefficient (Wildman–Crippen LogP) is 1.86. The van der Waals surface area contributed by atoms with Gasteiger partial charge in [-0.1, -0.05) is 32.0 Å². The van der Waals surface area contributed by atoms with Gasteiger partial charge in [-0.25, -0.2) is 0 Å². The van der Waals surface area contributed by atoms with Crippen molar-refractivity contribution in [2.45, 2.75) is 32.7 Å². The van der Waals surface area contributed by atoms with Crippen LogP contribution in [-0.2, 0) is 14.3 Å². The van der Waals surface area contributed by atoms with Gasteiger partial charge >= 0.3 is 5.97 Å². The number of benzene rings is 1. The van der Waals surface area contributed by atoms with Crippen molar-refractivity contribution in [3.05, 3.63) is 30.3 Å². The van der Waals surface area contributed by atoms with Crippen molar-refractivity contribution in [2.24, 2.45) is 5.92 Å². The summed E-state index contributed by atoms with van der Waals surface area (Å²) in [5, 5.41) is 9.52. The molecule has 1 aromatic rings. The summed E-state index contributed by atoms with van der Waals surface area (Å²) in [7, 11) is 1.32. The molecule has 6 heteroatoms. The number of methoxy groups -OCH3 is 1. The zero-order valence-corrected chi connectivity index (χ0v) is 14.6. The lowest BCUT2D eigenvalue weighted by molar-refractivity contribution is -0.147. The van der Waals surface area contributed by atoms with Gasteiger partial charge in [0.15, 0.2) is 0 Å². The Morgan fingerprint density at radius 1 is 1.25 bits per heavy atom. The summed E-state index contributed by atoms with van der Waals surface area (Å²) in [6, 6.07) is 8.94. The molecule has 0 radical (unpaired) electrons. The van der Waals surface area contributed by atoms with E-state index in [1.54, 1.807) is 11.8 Å². The number of aliphatic hydroxyl groups is 1. The smallest absolute Gasteiger partial charge is 0.310 e. The van der Waals surface area contributed by atoms with Gasteiger partial charge in [-0.05, 0) is 18.6 Å². The highest BCUT2D eigenvalue weighted by atomic mass is 16.5. The zero-order valence-electron chi connectivity index (χ0n) is 14.6. The average molecular weight is 337 g/mol. The lowest BCUT2D eigenvalue weighted by Crippen LogP contribution is -2.46. The first kappa shape index (κ1) is 20.0. The minimum atomic E-state index is -0.449. The molecule has 0 aliphatic carbocycles. The molecule has 0 spiro atoms. The summed E-state index contributed by atoms with van der Waals surface area (Å²) in [5.74, 6) is -0.271. The molecular weight excluding hydrogens is 310 g/mol. The number of aliphatic hydroxyl groups excluding tert-OH is 1. The van der Waals surface area contributed by atoms with Crippen LogP contribution in [0.2, 0.25) is 0 Å². The van der Waals surface area contributed by atoms with Crippen LogP contribution in [0.5, 0.6) is 5.75 Å². The molecule has 0 bridgehead atoms. The van der Waals surface area contributed by atoms with Crippen molar-refractivity contribution in [3.63, 3.8) is 0 Å². The molecule has 134 valence electrons. The van der Waals surface area contributed by atoms with Crippen LogP contribution < -0.4 is 4.74 Å². The SMILES string of the molecule is CCC(CO)N(CC(C)C(=O)OC)C(=O)CCOc1ccccc1. The van der Waals surface area contributed by atoms with Gasteiger partial charge in [0.25, 0.3) is 0 Å². The van der Waals surface area contributed by atoms with Crippen molar-refractivity contribution < 1.29 is 24.2 Å². The number of hydrogen-bond donors (Lipinski definition) is 1. The van der Waals surface area contributed by atoms with Crippen molar-refractivity contribution >= 4 is 11.9 Å². The van der Waals surface area contributed by atoms with Crippen molar-refractivity contribution in [1.82, 2.24) is 4.90 Å². The Hall–Kier alpha value is -2.08. The minimum absolute atomic E-state index is 0.143. The van der Waals surface area contributed by atoms with E-state index in [9.17, 15) is 14.7 Å². The van der Waals surface area contributed by atoms with E-state index in [0.717, 1.165) is 0 Å². The van der Waals surface area contributed by atoms with E-state index in [1.807, 2.05) is 37.3 Å². The maximum atomic E-state index is 12.5. The monoisotopic (exact) mass is 337 g/mol. The molecule has 1 amide bonds. The average Bonchev–Trinajstić information content (AvgIpc) is 2.61. The normalized spacial score (nSPS) is 13.0. The van der Waals surface area contributed by atoms with E-state index >= 15 is 0 Å². The number of rotatable bonds is 10. The molecule has 1 rings (SSSR count). The second-order valence-electron chi connectivity index (χ2n) is 5.63. The van der Waals surface area contributed by atoms with Crippen LogP contribution in [-0.4, -0.2) is 54.8 Å². The molecule has 1 N–H and O–H groups in total. The van der Waals surface area contributed by atoms with Crippen LogP contribution in [0.1, 0.15) is 26.7 Å². The topological polar surface area (TPSA) is 76.1 Å². The number of esters is 1. The highest BCUT2D eigenvalue weighted by Gasteiger charge is 2.26. The van der Waals surface area contributed by atoms with Gasteiger partial charge in [0.05, 0.1) is 38.7 Å². The van der Waals surface area contributed by atoms with Crippen LogP contribution in [0.25, 0.3) is 0 Å². The number of carbonyl (C=O) groups is 2. The summed E-state index contributed by atoms with van der Waals surface area (Å²) < 4.78 is 10.3. The van der Waals surface area contributed by atoms with Crippen molar-refractivity contribution in [1.29, 1.82) is 0 Å². The van der Waals surface area contributed by atoms with Crippen LogP contribution in [0.4, 0.5) is 0 Å². The van der Waals surface area contributed by atoms with E-state index < -0.39 is 5.92 Å². The zero-order chi connectivity index (χ0) is 17.9. The fourth-order valence-corrected chi connectivity index (χ4v) is 2.39. The second-order valence-corrected chi connectivity index (χ2v) is 5.63. The Balaban J connectivity index is 2.63. The van der Waals surface area contributed by atoms with Crippen LogP contribution in [0.3, 0.4) is 0 Å².